The van der Waals surface area contributed by atoms with E-state index >= 15 is 0 Å². The molecule has 3 aromatic rings. The minimum Gasteiger partial charge on any atom is -0.508 e. The molecule has 1 saturated heterocycles. The molecule has 5 rings (SSSR count). The van der Waals surface area contributed by atoms with Gasteiger partial charge in [-0.2, -0.15) is 0 Å². The second-order valence-corrected chi connectivity index (χ2v) is 7.22. The molecule has 0 atom stereocenters. The van der Waals surface area contributed by atoms with Crippen molar-refractivity contribution in [2.24, 2.45) is 0 Å². The van der Waals surface area contributed by atoms with Crippen LogP contribution in [0.1, 0.15) is 11.3 Å². The number of hydrogen-bond acceptors (Lipinski definition) is 7. The number of phenols is 1. The molecule has 1 aromatic heterocycles. The normalized spacial score (nSPS) is 16.7. The Labute approximate surface area is 161 Å². The maximum atomic E-state index is 9.65. The maximum Gasteiger partial charge on any atom is 0.231 e. The summed E-state index contributed by atoms with van der Waals surface area (Å²) < 4.78 is 21.8. The number of aromatic hydroxyl groups is 1. The minimum atomic E-state index is -0.177. The van der Waals surface area contributed by atoms with E-state index in [0.29, 0.717) is 31.9 Å². The summed E-state index contributed by atoms with van der Waals surface area (Å²) in [7, 11) is 0. The van der Waals surface area contributed by atoms with Crippen molar-refractivity contribution in [2.45, 2.75) is 18.5 Å². The summed E-state index contributed by atoms with van der Waals surface area (Å²) in [4.78, 5) is 0. The molecule has 2 aliphatic rings. The topological polar surface area (TPSA) is 86.0 Å². The summed E-state index contributed by atoms with van der Waals surface area (Å²) in [6.07, 6.45) is 0.694. The lowest BCUT2D eigenvalue weighted by Crippen LogP contribution is -2.61. The fourth-order valence-electron chi connectivity index (χ4n) is 3.49. The first-order valence-corrected chi connectivity index (χ1v) is 9.15. The van der Waals surface area contributed by atoms with Crippen molar-refractivity contribution in [3.8, 4) is 28.6 Å². The van der Waals surface area contributed by atoms with Crippen LogP contribution in [0.4, 0.5) is 0 Å². The Morgan fingerprint density at radius 2 is 1.93 bits per heavy atom. The first-order valence-electron chi connectivity index (χ1n) is 9.15. The monoisotopic (exact) mass is 380 g/mol. The molecule has 0 amide bonds. The van der Waals surface area contributed by atoms with Crippen LogP contribution in [0.5, 0.6) is 17.2 Å². The van der Waals surface area contributed by atoms with Gasteiger partial charge < -0.3 is 29.2 Å². The van der Waals surface area contributed by atoms with Crippen molar-refractivity contribution < 1.29 is 23.8 Å². The maximum absolute atomic E-state index is 9.65. The molecular weight excluding hydrogens is 360 g/mol. The highest BCUT2D eigenvalue weighted by molar-refractivity contribution is 5.59. The minimum absolute atomic E-state index is 0.177. The Hall–Kier alpha value is -3.03. The molecule has 2 N–H and O–H groups in total. The van der Waals surface area contributed by atoms with E-state index in [-0.39, 0.29) is 18.1 Å². The van der Waals surface area contributed by atoms with Crippen molar-refractivity contribution >= 4 is 0 Å². The Morgan fingerprint density at radius 3 is 2.75 bits per heavy atom. The summed E-state index contributed by atoms with van der Waals surface area (Å²) in [5.41, 5.74) is 2.59. The van der Waals surface area contributed by atoms with Gasteiger partial charge in [-0.15, -0.1) is 0 Å². The largest absolute Gasteiger partial charge is 0.508 e. The summed E-state index contributed by atoms with van der Waals surface area (Å²) >= 11 is 0. The van der Waals surface area contributed by atoms with Crippen LogP contribution < -0.4 is 14.8 Å². The van der Waals surface area contributed by atoms with Crippen molar-refractivity contribution in [3.63, 3.8) is 0 Å². The van der Waals surface area contributed by atoms with Gasteiger partial charge in [0.15, 0.2) is 17.3 Å². The quantitative estimate of drug-likeness (QED) is 0.680. The number of ether oxygens (including phenoxy) is 3. The molecule has 7 nitrogen and oxygen atoms in total. The number of rotatable bonds is 6. The van der Waals surface area contributed by atoms with Gasteiger partial charge in [-0.3, -0.25) is 0 Å². The van der Waals surface area contributed by atoms with Gasteiger partial charge in [0.25, 0.3) is 0 Å². The SMILES string of the molecule is Oc1cccc(-c2cc(CC3(NCc4ccc5c(c4)OCO5)COC3)no2)c1. The molecule has 0 saturated carbocycles. The van der Waals surface area contributed by atoms with Crippen LogP contribution in [0, 0.1) is 0 Å². The van der Waals surface area contributed by atoms with Crippen LogP contribution in [-0.2, 0) is 17.7 Å². The number of aromatic nitrogens is 1. The fraction of sp³-hybridized carbons (Fsp3) is 0.286. The lowest BCUT2D eigenvalue weighted by atomic mass is 9.90. The lowest BCUT2D eigenvalue weighted by Gasteiger charge is -2.42. The highest BCUT2D eigenvalue weighted by Gasteiger charge is 2.39. The zero-order valence-corrected chi connectivity index (χ0v) is 15.2. The van der Waals surface area contributed by atoms with E-state index in [9.17, 15) is 5.11 Å². The summed E-state index contributed by atoms with van der Waals surface area (Å²) in [5.74, 6) is 2.40. The van der Waals surface area contributed by atoms with E-state index in [1.807, 2.05) is 30.3 Å². The van der Waals surface area contributed by atoms with Crippen LogP contribution in [0.25, 0.3) is 11.3 Å². The van der Waals surface area contributed by atoms with Gasteiger partial charge in [0.1, 0.15) is 5.75 Å². The van der Waals surface area contributed by atoms with E-state index in [4.69, 9.17) is 18.7 Å². The predicted molar refractivity (Wildman–Crippen MR) is 100 cm³/mol. The first-order chi connectivity index (χ1) is 13.7. The number of phenolic OH excluding ortho intramolecular Hbond substituents is 1. The average molecular weight is 380 g/mol. The van der Waals surface area contributed by atoms with Gasteiger partial charge in [0, 0.05) is 24.6 Å². The molecule has 0 radical (unpaired) electrons. The van der Waals surface area contributed by atoms with Crippen LogP contribution in [-0.4, -0.2) is 35.8 Å². The van der Waals surface area contributed by atoms with Gasteiger partial charge in [-0.1, -0.05) is 23.4 Å². The van der Waals surface area contributed by atoms with Crippen LogP contribution in [0.15, 0.2) is 53.1 Å². The number of hydrogen-bond donors (Lipinski definition) is 2. The molecule has 2 aliphatic heterocycles. The lowest BCUT2D eigenvalue weighted by molar-refractivity contribution is -0.0755. The van der Waals surface area contributed by atoms with Crippen molar-refractivity contribution in [3.05, 3.63) is 59.8 Å². The van der Waals surface area contributed by atoms with E-state index in [1.54, 1.807) is 18.2 Å². The molecular formula is C21H20N2O5. The number of fused-ring (bicyclic) bond motifs is 1. The van der Waals surface area contributed by atoms with Crippen LogP contribution in [0.3, 0.4) is 0 Å². The zero-order valence-electron chi connectivity index (χ0n) is 15.2. The van der Waals surface area contributed by atoms with E-state index in [1.165, 1.54) is 0 Å². The second kappa shape index (κ2) is 6.85. The Bertz CT molecular complexity index is 996. The molecule has 2 aromatic carbocycles. The second-order valence-electron chi connectivity index (χ2n) is 7.22. The van der Waals surface area contributed by atoms with Crippen molar-refractivity contribution in [2.75, 3.05) is 20.0 Å². The zero-order chi connectivity index (χ0) is 19.0. The third-order valence-electron chi connectivity index (χ3n) is 5.07. The van der Waals surface area contributed by atoms with Crippen LogP contribution >= 0.6 is 0 Å². The highest BCUT2D eigenvalue weighted by Crippen LogP contribution is 2.33. The fourth-order valence-corrected chi connectivity index (χ4v) is 3.49. The third kappa shape index (κ3) is 3.30. The molecule has 0 bridgehead atoms. The molecule has 3 heterocycles. The molecule has 144 valence electrons. The summed E-state index contributed by atoms with van der Waals surface area (Å²) in [5, 5.41) is 17.5. The van der Waals surface area contributed by atoms with E-state index in [2.05, 4.69) is 10.5 Å². The van der Waals surface area contributed by atoms with Crippen molar-refractivity contribution in [1.82, 2.24) is 10.5 Å². The Balaban J connectivity index is 1.27. The Kier molecular flexibility index (Phi) is 4.18. The van der Waals surface area contributed by atoms with Gasteiger partial charge in [-0.05, 0) is 29.8 Å². The standard InChI is InChI=1S/C21H20N2O5/c24-17-3-1-2-15(7-17)19-8-16(23-28-19)9-21(11-25-12-21)22-10-14-4-5-18-20(6-14)27-13-26-18/h1-8,22,24H,9-13H2. The van der Waals surface area contributed by atoms with Crippen molar-refractivity contribution in [1.29, 1.82) is 0 Å². The number of nitrogens with zero attached hydrogens (tertiary/aromatic N) is 1. The van der Waals surface area contributed by atoms with Gasteiger partial charge >= 0.3 is 0 Å². The van der Waals surface area contributed by atoms with Crippen LogP contribution in [0.2, 0.25) is 0 Å². The molecule has 1 fully saturated rings. The van der Waals surface area contributed by atoms with Gasteiger partial charge in [0.2, 0.25) is 6.79 Å². The predicted octanol–water partition coefficient (Wildman–Crippen LogP) is 2.88. The Morgan fingerprint density at radius 1 is 1.04 bits per heavy atom. The van der Waals surface area contributed by atoms with Gasteiger partial charge in [-0.25, -0.2) is 0 Å². The highest BCUT2D eigenvalue weighted by atomic mass is 16.7. The first kappa shape index (κ1) is 17.1. The smallest absolute Gasteiger partial charge is 0.231 e. The molecule has 0 spiro atoms. The summed E-state index contributed by atoms with van der Waals surface area (Å²) in [6, 6.07) is 14.8. The van der Waals surface area contributed by atoms with E-state index < -0.39 is 0 Å². The van der Waals surface area contributed by atoms with E-state index in [0.717, 1.165) is 28.3 Å². The third-order valence-corrected chi connectivity index (χ3v) is 5.07. The number of nitrogens with one attached hydrogen (secondary N) is 1. The molecule has 0 unspecified atom stereocenters. The molecule has 7 heteroatoms. The number of benzene rings is 2. The average Bonchev–Trinajstić information content (AvgIpc) is 3.32. The molecule has 28 heavy (non-hydrogen) atoms. The molecule has 0 aliphatic carbocycles. The summed E-state index contributed by atoms with van der Waals surface area (Å²) in [6.45, 7) is 2.20. The van der Waals surface area contributed by atoms with Gasteiger partial charge in [0.05, 0.1) is 24.4 Å².